The maximum atomic E-state index is 4.90. The van der Waals surface area contributed by atoms with Crippen molar-refractivity contribution in [1.29, 1.82) is 0 Å². The molecular formula is C12H15N3O. The molecule has 84 valence electrons. The first-order valence-electron chi connectivity index (χ1n) is 5.33. The van der Waals surface area contributed by atoms with Crippen LogP contribution >= 0.6 is 0 Å². The summed E-state index contributed by atoms with van der Waals surface area (Å²) in [5.41, 5.74) is 1.25. The highest BCUT2D eigenvalue weighted by atomic mass is 16.5. The van der Waals surface area contributed by atoms with Gasteiger partial charge in [-0.3, -0.25) is 0 Å². The molecule has 0 aliphatic carbocycles. The molecule has 4 heteroatoms. The van der Waals surface area contributed by atoms with Crippen molar-refractivity contribution in [3.63, 3.8) is 0 Å². The van der Waals surface area contributed by atoms with Crippen LogP contribution in [-0.2, 0) is 6.54 Å². The first kappa shape index (κ1) is 10.8. The quantitative estimate of drug-likeness (QED) is 0.853. The van der Waals surface area contributed by atoms with Gasteiger partial charge in [-0.2, -0.15) is 4.98 Å². The number of rotatable bonds is 4. The highest BCUT2D eigenvalue weighted by Crippen LogP contribution is 2.11. The van der Waals surface area contributed by atoms with Crippen molar-refractivity contribution in [2.24, 2.45) is 0 Å². The van der Waals surface area contributed by atoms with Gasteiger partial charge in [0, 0.05) is 13.0 Å². The van der Waals surface area contributed by atoms with Crippen molar-refractivity contribution >= 4 is 0 Å². The predicted molar refractivity (Wildman–Crippen MR) is 60.7 cm³/mol. The molecule has 1 aromatic carbocycles. The number of nitrogens with zero attached hydrogens (tertiary/aromatic N) is 2. The van der Waals surface area contributed by atoms with Gasteiger partial charge in [0.2, 0.25) is 5.89 Å². The lowest BCUT2D eigenvalue weighted by atomic mass is 10.1. The minimum Gasteiger partial charge on any atom is -0.340 e. The molecule has 2 rings (SSSR count). The Bertz CT molecular complexity index is 439. The third-order valence-corrected chi connectivity index (χ3v) is 2.44. The molecule has 4 nitrogen and oxygen atoms in total. The summed E-state index contributed by atoms with van der Waals surface area (Å²) in [6, 6.07) is 10.6. The Balaban J connectivity index is 1.91. The van der Waals surface area contributed by atoms with E-state index in [0.29, 0.717) is 18.3 Å². The lowest BCUT2D eigenvalue weighted by Crippen LogP contribution is -2.18. The molecule has 0 spiro atoms. The number of hydrogen-bond acceptors (Lipinski definition) is 4. The van der Waals surface area contributed by atoms with E-state index in [1.54, 1.807) is 6.92 Å². The van der Waals surface area contributed by atoms with E-state index in [0.717, 1.165) is 0 Å². The normalized spacial score (nSPS) is 12.6. The Hall–Kier alpha value is -1.68. The zero-order valence-corrected chi connectivity index (χ0v) is 9.47. The van der Waals surface area contributed by atoms with E-state index < -0.39 is 0 Å². The maximum absolute atomic E-state index is 4.90. The Kier molecular flexibility index (Phi) is 3.31. The molecule has 1 atom stereocenters. The molecule has 0 saturated carbocycles. The second-order valence-corrected chi connectivity index (χ2v) is 3.74. The molecule has 1 aromatic heterocycles. The fourth-order valence-corrected chi connectivity index (χ4v) is 1.52. The van der Waals surface area contributed by atoms with Crippen molar-refractivity contribution in [1.82, 2.24) is 15.5 Å². The molecule has 0 radical (unpaired) electrons. The summed E-state index contributed by atoms with van der Waals surface area (Å²) >= 11 is 0. The van der Waals surface area contributed by atoms with E-state index in [9.17, 15) is 0 Å². The van der Waals surface area contributed by atoms with Crippen LogP contribution < -0.4 is 5.32 Å². The van der Waals surface area contributed by atoms with Crippen LogP contribution in [0.4, 0.5) is 0 Å². The number of aromatic nitrogens is 2. The van der Waals surface area contributed by atoms with Crippen LogP contribution in [0.5, 0.6) is 0 Å². The maximum Gasteiger partial charge on any atom is 0.223 e. The van der Waals surface area contributed by atoms with Crippen LogP contribution in [0.1, 0.15) is 30.2 Å². The van der Waals surface area contributed by atoms with Crippen molar-refractivity contribution in [2.45, 2.75) is 26.4 Å². The van der Waals surface area contributed by atoms with Gasteiger partial charge in [0.25, 0.3) is 0 Å². The molecular weight excluding hydrogens is 202 g/mol. The number of hydrogen-bond donors (Lipinski definition) is 1. The minimum atomic E-state index is 0.278. The Morgan fingerprint density at radius 1 is 1.31 bits per heavy atom. The lowest BCUT2D eigenvalue weighted by Gasteiger charge is -2.12. The number of benzene rings is 1. The highest BCUT2D eigenvalue weighted by molar-refractivity contribution is 5.18. The van der Waals surface area contributed by atoms with Gasteiger partial charge in [0.15, 0.2) is 5.82 Å². The zero-order chi connectivity index (χ0) is 11.4. The third kappa shape index (κ3) is 2.67. The van der Waals surface area contributed by atoms with E-state index in [4.69, 9.17) is 4.52 Å². The van der Waals surface area contributed by atoms with E-state index in [1.165, 1.54) is 5.56 Å². The minimum absolute atomic E-state index is 0.278. The van der Waals surface area contributed by atoms with Crippen LogP contribution in [0.2, 0.25) is 0 Å². The van der Waals surface area contributed by atoms with Crippen molar-refractivity contribution in [3.8, 4) is 0 Å². The van der Waals surface area contributed by atoms with Gasteiger partial charge in [-0.1, -0.05) is 35.5 Å². The first-order valence-corrected chi connectivity index (χ1v) is 5.33. The van der Waals surface area contributed by atoms with Crippen LogP contribution in [0.25, 0.3) is 0 Å². The smallest absolute Gasteiger partial charge is 0.223 e. The van der Waals surface area contributed by atoms with E-state index in [2.05, 4.69) is 34.5 Å². The fourth-order valence-electron chi connectivity index (χ4n) is 1.52. The van der Waals surface area contributed by atoms with Gasteiger partial charge in [0.05, 0.1) is 6.54 Å². The Labute approximate surface area is 94.7 Å². The fraction of sp³-hybridized carbons (Fsp3) is 0.333. The van der Waals surface area contributed by atoms with Gasteiger partial charge in [-0.05, 0) is 12.5 Å². The molecule has 1 heterocycles. The lowest BCUT2D eigenvalue weighted by molar-refractivity contribution is 0.384. The van der Waals surface area contributed by atoms with Gasteiger partial charge in [-0.15, -0.1) is 0 Å². The zero-order valence-electron chi connectivity index (χ0n) is 9.47. The highest BCUT2D eigenvalue weighted by Gasteiger charge is 2.06. The summed E-state index contributed by atoms with van der Waals surface area (Å²) in [6.45, 7) is 4.52. The molecule has 1 N–H and O–H groups in total. The predicted octanol–water partition coefficient (Wildman–Crippen LogP) is 2.23. The summed E-state index contributed by atoms with van der Waals surface area (Å²) in [7, 11) is 0. The molecule has 16 heavy (non-hydrogen) atoms. The topological polar surface area (TPSA) is 51.0 Å². The molecule has 0 saturated heterocycles. The molecule has 0 fully saturated rings. The number of nitrogens with one attached hydrogen (secondary N) is 1. The van der Waals surface area contributed by atoms with Crippen LogP contribution in [0.15, 0.2) is 34.9 Å². The second kappa shape index (κ2) is 4.90. The largest absolute Gasteiger partial charge is 0.340 e. The summed E-state index contributed by atoms with van der Waals surface area (Å²) in [5, 5.41) is 7.18. The molecule has 2 aromatic rings. The van der Waals surface area contributed by atoms with E-state index in [1.807, 2.05) is 18.2 Å². The van der Waals surface area contributed by atoms with Crippen molar-refractivity contribution in [3.05, 3.63) is 47.6 Å². The summed E-state index contributed by atoms with van der Waals surface area (Å²) < 4.78 is 4.90. The third-order valence-electron chi connectivity index (χ3n) is 2.44. The van der Waals surface area contributed by atoms with E-state index in [-0.39, 0.29) is 6.04 Å². The van der Waals surface area contributed by atoms with E-state index >= 15 is 0 Å². The molecule has 0 aliphatic heterocycles. The van der Waals surface area contributed by atoms with Gasteiger partial charge in [0.1, 0.15) is 0 Å². The van der Waals surface area contributed by atoms with Crippen LogP contribution in [0, 0.1) is 6.92 Å². The summed E-state index contributed by atoms with van der Waals surface area (Å²) in [4.78, 5) is 4.14. The summed E-state index contributed by atoms with van der Waals surface area (Å²) in [5.74, 6) is 1.30. The number of aryl methyl sites for hydroxylation is 1. The molecule has 1 unspecified atom stereocenters. The van der Waals surface area contributed by atoms with Crippen molar-refractivity contribution in [2.75, 3.05) is 0 Å². The van der Waals surface area contributed by atoms with Crippen molar-refractivity contribution < 1.29 is 4.52 Å². The standard InChI is InChI=1S/C12H15N3O/c1-9(11-6-4-3-5-7-11)13-8-12-14-10(2)16-15-12/h3-7,9,13H,8H2,1-2H3. The molecule has 0 bridgehead atoms. The molecule has 0 amide bonds. The van der Waals surface area contributed by atoms with Gasteiger partial charge in [-0.25, -0.2) is 0 Å². The average Bonchev–Trinajstić information content (AvgIpc) is 2.73. The van der Waals surface area contributed by atoms with Gasteiger partial charge < -0.3 is 9.84 Å². The summed E-state index contributed by atoms with van der Waals surface area (Å²) in [6.07, 6.45) is 0. The van der Waals surface area contributed by atoms with Crippen LogP contribution in [-0.4, -0.2) is 10.1 Å². The molecule has 0 aliphatic rings. The second-order valence-electron chi connectivity index (χ2n) is 3.74. The Morgan fingerprint density at radius 2 is 2.06 bits per heavy atom. The average molecular weight is 217 g/mol. The SMILES string of the molecule is Cc1nc(CNC(C)c2ccccc2)no1. The van der Waals surface area contributed by atoms with Gasteiger partial charge >= 0.3 is 0 Å². The first-order chi connectivity index (χ1) is 7.75. The Morgan fingerprint density at radius 3 is 2.69 bits per heavy atom. The van der Waals surface area contributed by atoms with Crippen LogP contribution in [0.3, 0.4) is 0 Å². The monoisotopic (exact) mass is 217 g/mol.